The zero-order chi connectivity index (χ0) is 24.5. The van der Waals surface area contributed by atoms with Gasteiger partial charge < -0.3 is 9.64 Å². The van der Waals surface area contributed by atoms with E-state index in [0.29, 0.717) is 11.6 Å². The Kier molecular flexibility index (Phi) is 7.14. The molecule has 1 aliphatic rings. The van der Waals surface area contributed by atoms with Gasteiger partial charge in [-0.25, -0.2) is 17.8 Å². The summed E-state index contributed by atoms with van der Waals surface area (Å²) < 4.78 is 48.0. The smallest absolute Gasteiger partial charge is 0.265 e. The number of hydrogen-bond donors (Lipinski definition) is 1. The molecule has 0 radical (unpaired) electrons. The maximum Gasteiger partial charge on any atom is 0.265 e. The summed E-state index contributed by atoms with van der Waals surface area (Å²) in [5.74, 6) is -0.158. The van der Waals surface area contributed by atoms with Gasteiger partial charge >= 0.3 is 0 Å². The van der Waals surface area contributed by atoms with Gasteiger partial charge in [0.15, 0.2) is 5.13 Å². The first-order valence-electron chi connectivity index (χ1n) is 11.4. The average molecular weight is 504 g/mol. The monoisotopic (exact) mass is 503 g/mol. The number of halogens is 1. The van der Waals surface area contributed by atoms with Crippen LogP contribution in [0.4, 0.5) is 15.2 Å². The van der Waals surface area contributed by atoms with Crippen molar-refractivity contribution in [3.63, 3.8) is 0 Å². The molecule has 0 atom stereocenters. The molecular formula is C25H30FN3O3S2. The van der Waals surface area contributed by atoms with Gasteiger partial charge in [-0.1, -0.05) is 30.6 Å². The highest BCUT2D eigenvalue weighted by Gasteiger charge is 2.24. The molecule has 2 aromatic carbocycles. The van der Waals surface area contributed by atoms with Crippen molar-refractivity contribution in [1.29, 1.82) is 0 Å². The van der Waals surface area contributed by atoms with Gasteiger partial charge in [-0.15, -0.1) is 0 Å². The van der Waals surface area contributed by atoms with E-state index in [1.807, 2.05) is 13.0 Å². The van der Waals surface area contributed by atoms with Gasteiger partial charge in [-0.2, -0.15) is 0 Å². The van der Waals surface area contributed by atoms with E-state index in [1.165, 1.54) is 57.4 Å². The third-order valence-electron chi connectivity index (χ3n) is 6.33. The van der Waals surface area contributed by atoms with E-state index in [1.54, 1.807) is 30.4 Å². The van der Waals surface area contributed by atoms with E-state index in [9.17, 15) is 12.8 Å². The number of aryl methyl sites for hydroxylation is 2. The topological polar surface area (TPSA) is 71.5 Å². The van der Waals surface area contributed by atoms with Crippen LogP contribution in [0.1, 0.15) is 43.4 Å². The fraction of sp³-hybridized carbons (Fsp3) is 0.400. The highest BCUT2D eigenvalue weighted by Crippen LogP contribution is 2.39. The van der Waals surface area contributed by atoms with E-state index in [2.05, 4.69) is 16.7 Å². The fourth-order valence-electron chi connectivity index (χ4n) is 4.37. The van der Waals surface area contributed by atoms with Crippen LogP contribution in [0.5, 0.6) is 5.75 Å². The van der Waals surface area contributed by atoms with E-state index in [-0.39, 0.29) is 16.3 Å². The first kappa shape index (κ1) is 24.5. The van der Waals surface area contributed by atoms with E-state index in [0.717, 1.165) is 21.3 Å². The molecule has 34 heavy (non-hydrogen) atoms. The van der Waals surface area contributed by atoms with E-state index in [4.69, 9.17) is 9.72 Å². The predicted octanol–water partition coefficient (Wildman–Crippen LogP) is 6.14. The lowest BCUT2D eigenvalue weighted by atomic mass is 9.95. The van der Waals surface area contributed by atoms with Gasteiger partial charge in [-0.3, -0.25) is 4.72 Å². The Morgan fingerprint density at radius 3 is 2.53 bits per heavy atom. The van der Waals surface area contributed by atoms with Crippen LogP contribution in [0.2, 0.25) is 0 Å². The molecule has 0 unspecified atom stereocenters. The van der Waals surface area contributed by atoms with Gasteiger partial charge in [-0.05, 0) is 74.2 Å². The predicted molar refractivity (Wildman–Crippen MR) is 136 cm³/mol. The number of anilines is 2. The first-order chi connectivity index (χ1) is 16.2. The molecule has 1 saturated carbocycles. The van der Waals surface area contributed by atoms with Gasteiger partial charge in [0.2, 0.25) is 0 Å². The van der Waals surface area contributed by atoms with Crippen LogP contribution in [0.3, 0.4) is 0 Å². The van der Waals surface area contributed by atoms with Gasteiger partial charge in [0.1, 0.15) is 16.5 Å². The highest BCUT2D eigenvalue weighted by molar-refractivity contribution is 7.92. The lowest BCUT2D eigenvalue weighted by Gasteiger charge is -2.30. The van der Waals surface area contributed by atoms with Crippen molar-refractivity contribution in [2.45, 2.75) is 56.9 Å². The number of rotatable bonds is 7. The van der Waals surface area contributed by atoms with Gasteiger partial charge in [0.05, 0.1) is 17.7 Å². The second-order valence-electron chi connectivity index (χ2n) is 8.75. The number of benzene rings is 2. The summed E-state index contributed by atoms with van der Waals surface area (Å²) in [5, 5.41) is 0.944. The second-order valence-corrected chi connectivity index (χ2v) is 11.4. The summed E-state index contributed by atoms with van der Waals surface area (Å²) in [7, 11) is -0.450. The molecular weight excluding hydrogens is 473 g/mol. The van der Waals surface area contributed by atoms with Crippen molar-refractivity contribution in [1.82, 2.24) is 4.98 Å². The van der Waals surface area contributed by atoms with E-state index < -0.39 is 15.8 Å². The molecule has 3 aromatic rings. The molecule has 182 valence electrons. The van der Waals surface area contributed by atoms with Crippen molar-refractivity contribution in [2.75, 3.05) is 23.8 Å². The van der Waals surface area contributed by atoms with Gasteiger partial charge in [0, 0.05) is 18.8 Å². The maximum absolute atomic E-state index is 13.6. The second kappa shape index (κ2) is 9.92. The first-order valence-corrected chi connectivity index (χ1v) is 13.7. The summed E-state index contributed by atoms with van der Waals surface area (Å²) >= 11 is 1.57. The minimum absolute atomic E-state index is 0.0180. The highest BCUT2D eigenvalue weighted by atomic mass is 32.2. The minimum Gasteiger partial charge on any atom is -0.495 e. The Morgan fingerprint density at radius 1 is 1.12 bits per heavy atom. The number of methoxy groups -OCH3 is 1. The Balaban J connectivity index is 1.67. The number of sulfonamides is 1. The Labute approximate surface area is 204 Å². The molecule has 6 nitrogen and oxygen atoms in total. The molecule has 0 bridgehead atoms. The molecule has 9 heteroatoms. The lowest BCUT2D eigenvalue weighted by Crippen LogP contribution is -2.33. The number of thiazole rings is 1. The number of nitrogens with zero attached hydrogens (tertiary/aromatic N) is 2. The van der Waals surface area contributed by atoms with Crippen molar-refractivity contribution in [3.8, 4) is 16.2 Å². The SMILES string of the molecule is COc1ccc(-c2sc(N(C)C3CCCCC3)nc2C)cc1S(=O)(=O)Nc1ccc(F)c(C)c1. The normalized spacial score (nSPS) is 14.7. The minimum atomic E-state index is -3.98. The third-order valence-corrected chi connectivity index (χ3v) is 9.03. The Hall–Kier alpha value is -2.65. The van der Waals surface area contributed by atoms with Crippen LogP contribution in [0, 0.1) is 19.7 Å². The summed E-state index contributed by atoms with van der Waals surface area (Å²) in [6, 6.07) is 9.71. The summed E-state index contributed by atoms with van der Waals surface area (Å²) in [5.41, 5.74) is 2.26. The Bertz CT molecular complexity index is 1280. The van der Waals surface area contributed by atoms with E-state index >= 15 is 0 Å². The summed E-state index contributed by atoms with van der Waals surface area (Å²) in [6.45, 7) is 3.53. The lowest BCUT2D eigenvalue weighted by molar-refractivity contribution is 0.403. The molecule has 0 aliphatic heterocycles. The fourth-order valence-corrected chi connectivity index (χ4v) is 6.71. The van der Waals surface area contributed by atoms with Crippen molar-refractivity contribution in [3.05, 3.63) is 53.5 Å². The zero-order valence-corrected chi connectivity index (χ0v) is 21.5. The maximum atomic E-state index is 13.6. The van der Waals surface area contributed by atoms with Crippen molar-refractivity contribution >= 4 is 32.2 Å². The number of nitrogens with one attached hydrogen (secondary N) is 1. The molecule has 0 amide bonds. The van der Waals surface area contributed by atoms with Crippen molar-refractivity contribution in [2.24, 2.45) is 0 Å². The van der Waals surface area contributed by atoms with Gasteiger partial charge in [0.25, 0.3) is 10.0 Å². The quantitative estimate of drug-likeness (QED) is 0.419. The van der Waals surface area contributed by atoms with Crippen molar-refractivity contribution < 1.29 is 17.5 Å². The number of ether oxygens (including phenoxy) is 1. The van der Waals surface area contributed by atoms with Crippen LogP contribution in [-0.2, 0) is 10.0 Å². The Morgan fingerprint density at radius 2 is 1.85 bits per heavy atom. The summed E-state index contributed by atoms with van der Waals surface area (Å²) in [6.07, 6.45) is 6.12. The standard InChI is InChI=1S/C25H30FN3O3S2/c1-16-14-19(11-12-21(16)26)28-34(30,31)23-15-18(10-13-22(23)32-4)24-17(2)27-25(33-24)29(3)20-8-6-5-7-9-20/h10-15,20,28H,5-9H2,1-4H3. The van der Waals surface area contributed by atoms with Crippen LogP contribution in [0.15, 0.2) is 41.3 Å². The molecule has 1 aromatic heterocycles. The summed E-state index contributed by atoms with van der Waals surface area (Å²) in [4.78, 5) is 8.00. The largest absolute Gasteiger partial charge is 0.495 e. The molecule has 0 saturated heterocycles. The van der Waals surface area contributed by atoms with Crippen LogP contribution >= 0.6 is 11.3 Å². The average Bonchev–Trinajstić information content (AvgIpc) is 3.22. The molecule has 1 aliphatic carbocycles. The van der Waals surface area contributed by atoms with Crippen LogP contribution < -0.4 is 14.4 Å². The molecule has 1 heterocycles. The molecule has 1 N–H and O–H groups in total. The van der Waals surface area contributed by atoms with Crippen LogP contribution in [-0.4, -0.2) is 33.6 Å². The third kappa shape index (κ3) is 5.05. The zero-order valence-electron chi connectivity index (χ0n) is 19.9. The molecule has 0 spiro atoms. The van der Waals surface area contributed by atoms with Crippen LogP contribution in [0.25, 0.3) is 10.4 Å². The number of hydrogen-bond acceptors (Lipinski definition) is 6. The number of aromatic nitrogens is 1. The molecule has 1 fully saturated rings. The molecule has 4 rings (SSSR count).